The third-order valence-corrected chi connectivity index (χ3v) is 5.79. The quantitative estimate of drug-likeness (QED) is 0.845. The summed E-state index contributed by atoms with van der Waals surface area (Å²) in [7, 11) is -7.98. The lowest BCUT2D eigenvalue weighted by Crippen LogP contribution is -2.35. The summed E-state index contributed by atoms with van der Waals surface area (Å²) < 4.78 is 49.5. The van der Waals surface area contributed by atoms with Gasteiger partial charge in [0.1, 0.15) is 9.79 Å². The van der Waals surface area contributed by atoms with Crippen LogP contribution in [-0.4, -0.2) is 34.2 Å². The molecule has 1 aromatic rings. The number of rotatable bonds is 6. The molecule has 0 amide bonds. The zero-order valence-corrected chi connectivity index (χ0v) is 13.4. The SMILES string of the molecule is CCN(CC(C)C)S(=O)(=O)c1ccccc1S(N)(=O)=O. The molecule has 0 heterocycles. The van der Waals surface area contributed by atoms with E-state index in [1.807, 2.05) is 13.8 Å². The lowest BCUT2D eigenvalue weighted by molar-refractivity contribution is 0.380. The Bertz CT molecular complexity index is 666. The van der Waals surface area contributed by atoms with Gasteiger partial charge < -0.3 is 0 Å². The molecule has 0 bridgehead atoms. The van der Waals surface area contributed by atoms with Gasteiger partial charge in [-0.15, -0.1) is 0 Å². The summed E-state index contributed by atoms with van der Waals surface area (Å²) in [5, 5.41) is 5.09. The molecule has 0 saturated carbocycles. The van der Waals surface area contributed by atoms with Crippen molar-refractivity contribution in [1.82, 2.24) is 4.31 Å². The lowest BCUT2D eigenvalue weighted by Gasteiger charge is -2.23. The summed E-state index contributed by atoms with van der Waals surface area (Å²) in [6.45, 7) is 6.07. The average Bonchev–Trinajstić information content (AvgIpc) is 2.34. The molecule has 0 aliphatic carbocycles. The minimum atomic E-state index is -4.09. The van der Waals surface area contributed by atoms with Crippen LogP contribution in [0.2, 0.25) is 0 Å². The van der Waals surface area contributed by atoms with Gasteiger partial charge in [0.25, 0.3) is 0 Å². The monoisotopic (exact) mass is 320 g/mol. The zero-order valence-electron chi connectivity index (χ0n) is 11.8. The molecule has 1 rings (SSSR count). The maximum absolute atomic E-state index is 12.6. The first-order valence-corrected chi connectivity index (χ1v) is 9.21. The van der Waals surface area contributed by atoms with E-state index >= 15 is 0 Å². The highest BCUT2D eigenvalue weighted by Crippen LogP contribution is 2.23. The van der Waals surface area contributed by atoms with Crippen molar-refractivity contribution in [3.8, 4) is 0 Å². The van der Waals surface area contributed by atoms with Gasteiger partial charge in [-0.1, -0.05) is 32.9 Å². The molecule has 0 aliphatic rings. The molecule has 20 heavy (non-hydrogen) atoms. The molecule has 2 N–H and O–H groups in total. The molecule has 0 unspecified atom stereocenters. The number of nitrogens with zero attached hydrogens (tertiary/aromatic N) is 1. The fourth-order valence-corrected chi connectivity index (χ4v) is 4.81. The van der Waals surface area contributed by atoms with Crippen molar-refractivity contribution in [2.75, 3.05) is 13.1 Å². The first-order chi connectivity index (χ1) is 9.10. The van der Waals surface area contributed by atoms with E-state index in [2.05, 4.69) is 0 Å². The maximum Gasteiger partial charge on any atom is 0.244 e. The van der Waals surface area contributed by atoms with Gasteiger partial charge in [0, 0.05) is 13.1 Å². The van der Waals surface area contributed by atoms with Crippen molar-refractivity contribution in [3.05, 3.63) is 24.3 Å². The van der Waals surface area contributed by atoms with Gasteiger partial charge in [0.2, 0.25) is 20.0 Å². The molecule has 0 aliphatic heterocycles. The lowest BCUT2D eigenvalue weighted by atomic mass is 10.2. The van der Waals surface area contributed by atoms with E-state index in [1.165, 1.54) is 28.6 Å². The highest BCUT2D eigenvalue weighted by Gasteiger charge is 2.29. The number of benzene rings is 1. The van der Waals surface area contributed by atoms with Gasteiger partial charge >= 0.3 is 0 Å². The van der Waals surface area contributed by atoms with E-state index in [1.54, 1.807) is 6.92 Å². The van der Waals surface area contributed by atoms with Crippen LogP contribution >= 0.6 is 0 Å². The fraction of sp³-hybridized carbons (Fsp3) is 0.500. The number of hydrogen-bond acceptors (Lipinski definition) is 4. The second-order valence-electron chi connectivity index (χ2n) is 4.84. The molecule has 0 saturated heterocycles. The van der Waals surface area contributed by atoms with Crippen LogP contribution in [0.5, 0.6) is 0 Å². The first kappa shape index (κ1) is 17.1. The summed E-state index contributed by atoms with van der Waals surface area (Å²) in [5.74, 6) is 0.131. The molecule has 0 radical (unpaired) electrons. The van der Waals surface area contributed by atoms with Crippen LogP contribution < -0.4 is 5.14 Å². The van der Waals surface area contributed by atoms with Gasteiger partial charge in [-0.2, -0.15) is 4.31 Å². The van der Waals surface area contributed by atoms with E-state index in [0.29, 0.717) is 6.54 Å². The van der Waals surface area contributed by atoms with Crippen molar-refractivity contribution < 1.29 is 16.8 Å². The van der Waals surface area contributed by atoms with Crippen LogP contribution in [-0.2, 0) is 20.0 Å². The van der Waals surface area contributed by atoms with Crippen LogP contribution in [0, 0.1) is 5.92 Å². The Hall–Kier alpha value is -0.960. The maximum atomic E-state index is 12.6. The molecule has 0 spiro atoms. The molecular weight excluding hydrogens is 300 g/mol. The van der Waals surface area contributed by atoms with Crippen molar-refractivity contribution >= 4 is 20.0 Å². The van der Waals surface area contributed by atoms with E-state index < -0.39 is 20.0 Å². The summed E-state index contributed by atoms with van der Waals surface area (Å²) in [6.07, 6.45) is 0. The number of primary sulfonamides is 1. The fourth-order valence-electron chi connectivity index (χ4n) is 1.84. The molecule has 0 aromatic heterocycles. The van der Waals surface area contributed by atoms with Crippen LogP contribution in [0.4, 0.5) is 0 Å². The Kier molecular flexibility index (Phi) is 5.31. The number of hydrogen-bond donors (Lipinski definition) is 1. The van der Waals surface area contributed by atoms with E-state index in [4.69, 9.17) is 5.14 Å². The van der Waals surface area contributed by atoms with Crippen molar-refractivity contribution in [3.63, 3.8) is 0 Å². The second-order valence-corrected chi connectivity index (χ2v) is 8.28. The van der Waals surface area contributed by atoms with Crippen molar-refractivity contribution in [2.24, 2.45) is 11.1 Å². The Morgan fingerprint density at radius 2 is 1.60 bits per heavy atom. The van der Waals surface area contributed by atoms with Crippen molar-refractivity contribution in [1.29, 1.82) is 0 Å². The standard InChI is InChI=1S/C12H20N2O4S2/c1-4-14(9-10(2)3)20(17,18)12-8-6-5-7-11(12)19(13,15)16/h5-8,10H,4,9H2,1-3H3,(H2,13,15,16). The Labute approximate surface area is 120 Å². The molecule has 1 aromatic carbocycles. The van der Waals surface area contributed by atoms with Gasteiger partial charge in [0.15, 0.2) is 0 Å². The van der Waals surface area contributed by atoms with Crippen LogP contribution in [0.15, 0.2) is 34.1 Å². The molecular formula is C12H20N2O4S2. The molecule has 0 fully saturated rings. The molecule has 8 heteroatoms. The summed E-state index contributed by atoms with van der Waals surface area (Å²) in [5.41, 5.74) is 0. The zero-order chi connectivity index (χ0) is 15.6. The summed E-state index contributed by atoms with van der Waals surface area (Å²) in [6, 6.07) is 5.38. The third-order valence-electron chi connectivity index (χ3n) is 2.70. The smallest absolute Gasteiger partial charge is 0.225 e. The molecule has 114 valence electrons. The van der Waals surface area contributed by atoms with Gasteiger partial charge in [-0.05, 0) is 18.1 Å². The van der Waals surface area contributed by atoms with Crippen LogP contribution in [0.3, 0.4) is 0 Å². The van der Waals surface area contributed by atoms with E-state index in [9.17, 15) is 16.8 Å². The highest BCUT2D eigenvalue weighted by molar-refractivity contribution is 7.92. The van der Waals surface area contributed by atoms with E-state index in [0.717, 1.165) is 0 Å². The second kappa shape index (κ2) is 6.21. The Balaban J connectivity index is 3.43. The summed E-state index contributed by atoms with van der Waals surface area (Å²) in [4.78, 5) is -0.646. The third kappa shape index (κ3) is 3.78. The largest absolute Gasteiger partial charge is 0.244 e. The van der Waals surface area contributed by atoms with Crippen LogP contribution in [0.25, 0.3) is 0 Å². The molecule has 6 nitrogen and oxygen atoms in total. The van der Waals surface area contributed by atoms with Gasteiger partial charge in [0.05, 0.1) is 0 Å². The topological polar surface area (TPSA) is 97.5 Å². The number of sulfonamides is 2. The predicted octanol–water partition coefficient (Wildman–Crippen LogP) is 1.00. The minimum Gasteiger partial charge on any atom is -0.225 e. The van der Waals surface area contributed by atoms with Crippen LogP contribution in [0.1, 0.15) is 20.8 Å². The minimum absolute atomic E-state index is 0.131. The predicted molar refractivity (Wildman–Crippen MR) is 77.1 cm³/mol. The van der Waals surface area contributed by atoms with Crippen molar-refractivity contribution in [2.45, 2.75) is 30.6 Å². The highest BCUT2D eigenvalue weighted by atomic mass is 32.2. The first-order valence-electron chi connectivity index (χ1n) is 6.22. The Morgan fingerprint density at radius 3 is 2.00 bits per heavy atom. The Morgan fingerprint density at radius 1 is 1.10 bits per heavy atom. The molecule has 0 atom stereocenters. The average molecular weight is 320 g/mol. The van der Waals surface area contributed by atoms with E-state index in [-0.39, 0.29) is 22.3 Å². The van der Waals surface area contributed by atoms with Gasteiger partial charge in [-0.25, -0.2) is 22.0 Å². The van der Waals surface area contributed by atoms with Gasteiger partial charge in [-0.3, -0.25) is 0 Å². The number of nitrogens with two attached hydrogens (primary N) is 1. The normalized spacial score (nSPS) is 13.1. The summed E-state index contributed by atoms with van der Waals surface area (Å²) >= 11 is 0.